The normalized spacial score (nSPS) is 16.1. The van der Waals surface area contributed by atoms with Crippen molar-refractivity contribution in [1.82, 2.24) is 5.32 Å². The Morgan fingerprint density at radius 1 is 1.25 bits per heavy atom. The minimum absolute atomic E-state index is 0.00631. The molecule has 0 aromatic carbocycles. The minimum atomic E-state index is -4.05. The Morgan fingerprint density at radius 3 is 2.25 bits per heavy atom. The lowest BCUT2D eigenvalue weighted by Gasteiger charge is -2.26. The summed E-state index contributed by atoms with van der Waals surface area (Å²) in [5.74, 6) is 0. The maximum absolute atomic E-state index is 12.0. The molecule has 98 valence electrons. The number of hydrogen-bond acceptors (Lipinski definition) is 2. The van der Waals surface area contributed by atoms with E-state index in [1.54, 1.807) is 7.11 Å². The number of nitrogens with one attached hydrogen (secondary N) is 1. The van der Waals surface area contributed by atoms with Crippen molar-refractivity contribution < 1.29 is 17.9 Å². The first-order chi connectivity index (χ1) is 7.44. The number of halogens is 3. The van der Waals surface area contributed by atoms with Gasteiger partial charge >= 0.3 is 6.18 Å². The summed E-state index contributed by atoms with van der Waals surface area (Å²) in [6, 6.07) is 0.0161. The number of rotatable bonds is 8. The van der Waals surface area contributed by atoms with Crippen LogP contribution in [0, 0.1) is 0 Å². The van der Waals surface area contributed by atoms with Crippen LogP contribution in [0.1, 0.15) is 39.5 Å². The zero-order valence-electron chi connectivity index (χ0n) is 10.2. The van der Waals surface area contributed by atoms with Crippen molar-refractivity contribution in [3.05, 3.63) is 0 Å². The number of likely N-dealkylation sites (N-methyl/N-ethyl adjacent to an activating group) is 1. The Morgan fingerprint density at radius 2 is 1.88 bits per heavy atom. The lowest BCUT2D eigenvalue weighted by atomic mass is 10.0. The Balaban J connectivity index is 4.02. The zero-order valence-corrected chi connectivity index (χ0v) is 10.2. The molecule has 0 spiro atoms. The van der Waals surface area contributed by atoms with Gasteiger partial charge in [-0.25, -0.2) is 0 Å². The molecule has 0 saturated carbocycles. The molecule has 2 unspecified atom stereocenters. The smallest absolute Gasteiger partial charge is 0.380 e. The van der Waals surface area contributed by atoms with Gasteiger partial charge in [-0.2, -0.15) is 13.2 Å². The van der Waals surface area contributed by atoms with Gasteiger partial charge in [0.15, 0.2) is 0 Å². The van der Waals surface area contributed by atoms with Gasteiger partial charge in [-0.3, -0.25) is 0 Å². The van der Waals surface area contributed by atoms with Crippen LogP contribution in [0.2, 0.25) is 0 Å². The Bertz CT molecular complexity index is 169. The van der Waals surface area contributed by atoms with Crippen LogP contribution in [-0.2, 0) is 4.74 Å². The van der Waals surface area contributed by atoms with E-state index in [4.69, 9.17) is 4.74 Å². The van der Waals surface area contributed by atoms with Gasteiger partial charge in [-0.15, -0.1) is 0 Å². The average molecular weight is 241 g/mol. The van der Waals surface area contributed by atoms with Crippen LogP contribution >= 0.6 is 0 Å². The van der Waals surface area contributed by atoms with Crippen LogP contribution in [0.15, 0.2) is 0 Å². The fourth-order valence-corrected chi connectivity index (χ4v) is 1.82. The van der Waals surface area contributed by atoms with Crippen molar-refractivity contribution in [3.8, 4) is 0 Å². The third-order valence-electron chi connectivity index (χ3n) is 2.60. The van der Waals surface area contributed by atoms with Gasteiger partial charge in [0, 0.05) is 19.6 Å². The molecule has 0 fully saturated rings. The molecule has 2 nitrogen and oxygen atoms in total. The van der Waals surface area contributed by atoms with Crippen LogP contribution < -0.4 is 5.32 Å². The van der Waals surface area contributed by atoms with E-state index in [0.717, 1.165) is 13.0 Å². The molecule has 0 aromatic rings. The summed E-state index contributed by atoms with van der Waals surface area (Å²) in [6.07, 6.45) is -3.31. The maximum atomic E-state index is 12.0. The van der Waals surface area contributed by atoms with Gasteiger partial charge in [0.05, 0.1) is 6.10 Å². The SMILES string of the molecule is CCNC(CCCC(F)(F)F)C(CC)OC. The highest BCUT2D eigenvalue weighted by atomic mass is 19.4. The molecule has 0 aliphatic rings. The van der Waals surface area contributed by atoms with Crippen molar-refractivity contribution in [2.45, 2.75) is 57.9 Å². The lowest BCUT2D eigenvalue weighted by molar-refractivity contribution is -0.136. The first-order valence-corrected chi connectivity index (χ1v) is 5.77. The first kappa shape index (κ1) is 15.7. The molecular weight excluding hydrogens is 219 g/mol. The maximum Gasteiger partial charge on any atom is 0.389 e. The van der Waals surface area contributed by atoms with Crippen molar-refractivity contribution in [2.24, 2.45) is 0 Å². The van der Waals surface area contributed by atoms with E-state index in [1.807, 2.05) is 13.8 Å². The highest BCUT2D eigenvalue weighted by Gasteiger charge is 2.27. The van der Waals surface area contributed by atoms with E-state index in [0.29, 0.717) is 6.42 Å². The Labute approximate surface area is 95.5 Å². The number of ether oxygens (including phenoxy) is 1. The van der Waals surface area contributed by atoms with E-state index in [2.05, 4.69) is 5.32 Å². The van der Waals surface area contributed by atoms with Crippen molar-refractivity contribution >= 4 is 0 Å². The summed E-state index contributed by atoms with van der Waals surface area (Å²) in [6.45, 7) is 4.66. The molecule has 1 N–H and O–H groups in total. The van der Waals surface area contributed by atoms with Gasteiger partial charge < -0.3 is 10.1 Å². The minimum Gasteiger partial charge on any atom is -0.380 e. The lowest BCUT2D eigenvalue weighted by Crippen LogP contribution is -2.40. The first-order valence-electron chi connectivity index (χ1n) is 5.77. The topological polar surface area (TPSA) is 21.3 Å². The number of alkyl halides is 3. The third kappa shape index (κ3) is 7.06. The van der Waals surface area contributed by atoms with Crippen LogP contribution in [-0.4, -0.2) is 32.0 Å². The second-order valence-electron chi connectivity index (χ2n) is 3.85. The van der Waals surface area contributed by atoms with Crippen LogP contribution in [0.5, 0.6) is 0 Å². The highest BCUT2D eigenvalue weighted by molar-refractivity contribution is 4.76. The summed E-state index contributed by atoms with van der Waals surface area (Å²) < 4.78 is 41.3. The van der Waals surface area contributed by atoms with Crippen molar-refractivity contribution in [2.75, 3.05) is 13.7 Å². The van der Waals surface area contributed by atoms with Crippen molar-refractivity contribution in [1.29, 1.82) is 0 Å². The van der Waals surface area contributed by atoms with Gasteiger partial charge in [-0.1, -0.05) is 13.8 Å². The summed E-state index contributed by atoms with van der Waals surface area (Å²) in [7, 11) is 1.60. The monoisotopic (exact) mass is 241 g/mol. The van der Waals surface area contributed by atoms with E-state index >= 15 is 0 Å². The van der Waals surface area contributed by atoms with E-state index < -0.39 is 12.6 Å². The highest BCUT2D eigenvalue weighted by Crippen LogP contribution is 2.23. The summed E-state index contributed by atoms with van der Waals surface area (Å²) in [5, 5.41) is 3.18. The molecule has 0 amide bonds. The van der Waals surface area contributed by atoms with E-state index in [1.165, 1.54) is 0 Å². The molecule has 2 atom stereocenters. The summed E-state index contributed by atoms with van der Waals surface area (Å²) >= 11 is 0. The second kappa shape index (κ2) is 7.90. The van der Waals surface area contributed by atoms with Gasteiger partial charge in [0.2, 0.25) is 0 Å². The average Bonchev–Trinajstić information content (AvgIpc) is 2.17. The van der Waals surface area contributed by atoms with Gasteiger partial charge in [0.1, 0.15) is 0 Å². The van der Waals surface area contributed by atoms with Crippen molar-refractivity contribution in [3.63, 3.8) is 0 Å². The fraction of sp³-hybridized carbons (Fsp3) is 1.00. The number of hydrogen-bond donors (Lipinski definition) is 1. The molecule has 0 aliphatic carbocycles. The molecule has 0 rings (SSSR count). The third-order valence-corrected chi connectivity index (χ3v) is 2.60. The predicted octanol–water partition coefficient (Wildman–Crippen LogP) is 3.12. The van der Waals surface area contributed by atoms with Gasteiger partial charge in [0.25, 0.3) is 0 Å². The molecule has 0 radical (unpaired) electrons. The Kier molecular flexibility index (Phi) is 7.76. The molecule has 0 aromatic heterocycles. The fourth-order valence-electron chi connectivity index (χ4n) is 1.82. The molecule has 0 bridgehead atoms. The van der Waals surface area contributed by atoms with E-state index in [-0.39, 0.29) is 18.6 Å². The molecular formula is C11H22F3NO. The zero-order chi connectivity index (χ0) is 12.6. The number of methoxy groups -OCH3 is 1. The molecule has 0 aliphatic heterocycles. The van der Waals surface area contributed by atoms with E-state index in [9.17, 15) is 13.2 Å². The summed E-state index contributed by atoms with van der Waals surface area (Å²) in [5.41, 5.74) is 0. The summed E-state index contributed by atoms with van der Waals surface area (Å²) in [4.78, 5) is 0. The predicted molar refractivity (Wildman–Crippen MR) is 58.5 cm³/mol. The molecule has 0 heterocycles. The largest absolute Gasteiger partial charge is 0.389 e. The Hall–Kier alpha value is -0.290. The van der Waals surface area contributed by atoms with Gasteiger partial charge in [-0.05, 0) is 25.8 Å². The van der Waals surface area contributed by atoms with Crippen LogP contribution in [0.4, 0.5) is 13.2 Å². The molecule has 0 saturated heterocycles. The molecule has 16 heavy (non-hydrogen) atoms. The van der Waals surface area contributed by atoms with Crippen LogP contribution in [0.3, 0.4) is 0 Å². The molecule has 5 heteroatoms. The quantitative estimate of drug-likeness (QED) is 0.705. The standard InChI is InChI=1S/C11H22F3NO/c1-4-10(16-3)9(15-5-2)7-6-8-11(12,13)14/h9-10,15H,4-8H2,1-3H3. The van der Waals surface area contributed by atoms with Crippen LogP contribution in [0.25, 0.3) is 0 Å². The second-order valence-corrected chi connectivity index (χ2v) is 3.85.